The Hall–Kier alpha value is -2.94. The van der Waals surface area contributed by atoms with Gasteiger partial charge in [0.05, 0.1) is 17.6 Å². The van der Waals surface area contributed by atoms with Crippen molar-refractivity contribution < 1.29 is 26.0 Å². The highest BCUT2D eigenvalue weighted by Gasteiger charge is 2.22. The molecule has 0 unspecified atom stereocenters. The number of halogens is 3. The second-order valence-electron chi connectivity index (χ2n) is 5.43. The second-order valence-corrected chi connectivity index (χ2v) is 7.04. The molecule has 2 aromatic carbocycles. The quantitative estimate of drug-likeness (QED) is 0.574. The summed E-state index contributed by atoms with van der Waals surface area (Å²) in [7, 11) is -4.17. The minimum atomic E-state index is -4.17. The number of aryl methyl sites for hydroxylation is 1. The van der Waals surface area contributed by atoms with Crippen molar-refractivity contribution in [2.24, 2.45) is 0 Å². The summed E-state index contributed by atoms with van der Waals surface area (Å²) in [4.78, 5) is 0. The van der Waals surface area contributed by atoms with Crippen LogP contribution in [0.4, 0.5) is 30.2 Å². The minimum absolute atomic E-state index is 0.140. The predicted octanol–water partition coefficient (Wildman–Crippen LogP) is 5.58. The van der Waals surface area contributed by atoms with E-state index in [4.69, 9.17) is 4.42 Å². The maximum atomic E-state index is 14.3. The molecule has 0 aliphatic rings. The van der Waals surface area contributed by atoms with Gasteiger partial charge in [0.15, 0.2) is 11.6 Å². The van der Waals surface area contributed by atoms with E-state index < -0.39 is 38.3 Å². The summed E-state index contributed by atoms with van der Waals surface area (Å²) in [6, 6.07) is 8.43. The zero-order valence-electron chi connectivity index (χ0n) is 15.4. The fraction of sp³-hybridized carbons (Fsp3) is 0.158. The van der Waals surface area contributed by atoms with Crippen molar-refractivity contribution in [1.29, 1.82) is 0 Å². The van der Waals surface area contributed by atoms with Gasteiger partial charge in [-0.1, -0.05) is 19.9 Å². The fourth-order valence-corrected chi connectivity index (χ4v) is 3.23. The smallest absolute Gasteiger partial charge is 0.295 e. The molecule has 3 aromatic rings. The number of rotatable bonds is 5. The zero-order chi connectivity index (χ0) is 20.9. The Labute approximate surface area is 161 Å². The van der Waals surface area contributed by atoms with E-state index in [9.17, 15) is 21.6 Å². The van der Waals surface area contributed by atoms with Crippen molar-refractivity contribution in [3.05, 3.63) is 71.7 Å². The third-order valence-corrected chi connectivity index (χ3v) is 4.73. The molecule has 0 radical (unpaired) electrons. The van der Waals surface area contributed by atoms with Gasteiger partial charge in [-0.15, -0.1) is 0 Å². The monoisotopic (exact) mass is 412 g/mol. The van der Waals surface area contributed by atoms with E-state index in [0.29, 0.717) is 5.56 Å². The molecule has 0 amide bonds. The molecular formula is C19H19F3N2O3S. The maximum absolute atomic E-state index is 14.3. The third-order valence-electron chi connectivity index (χ3n) is 3.48. The average molecular weight is 412 g/mol. The summed E-state index contributed by atoms with van der Waals surface area (Å²) in [6.07, 6.45) is 1.15. The van der Waals surface area contributed by atoms with Gasteiger partial charge < -0.3 is 9.73 Å². The lowest BCUT2D eigenvalue weighted by Gasteiger charge is -2.15. The number of nitrogens with one attached hydrogen (secondary N) is 2. The maximum Gasteiger partial charge on any atom is 0.295 e. The molecule has 0 saturated carbocycles. The van der Waals surface area contributed by atoms with E-state index in [1.807, 2.05) is 13.8 Å². The highest BCUT2D eigenvalue weighted by Crippen LogP contribution is 2.33. The average Bonchev–Trinajstić information content (AvgIpc) is 3.20. The van der Waals surface area contributed by atoms with Gasteiger partial charge in [-0.3, -0.25) is 4.72 Å². The van der Waals surface area contributed by atoms with Crippen LogP contribution in [0, 0.1) is 24.4 Å². The van der Waals surface area contributed by atoms with E-state index in [2.05, 4.69) is 10.0 Å². The van der Waals surface area contributed by atoms with Crippen LogP contribution in [-0.4, -0.2) is 8.42 Å². The van der Waals surface area contributed by atoms with Crippen molar-refractivity contribution in [2.75, 3.05) is 10.0 Å². The van der Waals surface area contributed by atoms with Gasteiger partial charge in [0.25, 0.3) is 10.0 Å². The minimum Gasteiger partial charge on any atom is -0.451 e. The van der Waals surface area contributed by atoms with Crippen LogP contribution >= 0.6 is 0 Å². The highest BCUT2D eigenvalue weighted by molar-refractivity contribution is 7.92. The lowest BCUT2D eigenvalue weighted by Crippen LogP contribution is -2.14. The van der Waals surface area contributed by atoms with Gasteiger partial charge in [-0.25, -0.2) is 13.2 Å². The largest absolute Gasteiger partial charge is 0.451 e. The second kappa shape index (κ2) is 8.83. The standard InChI is InChI=1S/C17H13F3N2O3S.C2H6/c1-10-4-6-13(12(19)9-10)21-17-14(7-5-11(18)16(17)20)22-26(23,24)15-3-2-8-25-15;1-2/h2-9,21-22H,1H3;1-2H3. The Balaban J connectivity index is 0.00000136. The molecule has 1 heterocycles. The summed E-state index contributed by atoms with van der Waals surface area (Å²) in [5, 5.41) is 1.99. The first-order chi connectivity index (χ1) is 13.3. The first-order valence-corrected chi connectivity index (χ1v) is 9.84. The van der Waals surface area contributed by atoms with Crippen LogP contribution in [0.2, 0.25) is 0 Å². The Kier molecular flexibility index (Phi) is 6.74. The number of sulfonamides is 1. The van der Waals surface area contributed by atoms with Gasteiger partial charge in [-0.05, 0) is 48.9 Å². The van der Waals surface area contributed by atoms with E-state index in [1.54, 1.807) is 13.0 Å². The van der Waals surface area contributed by atoms with Gasteiger partial charge >= 0.3 is 0 Å². The van der Waals surface area contributed by atoms with E-state index >= 15 is 0 Å². The normalized spacial score (nSPS) is 10.8. The molecule has 28 heavy (non-hydrogen) atoms. The van der Waals surface area contributed by atoms with Gasteiger partial charge in [0, 0.05) is 0 Å². The van der Waals surface area contributed by atoms with Crippen LogP contribution in [-0.2, 0) is 10.0 Å². The van der Waals surface area contributed by atoms with Crippen LogP contribution in [0.3, 0.4) is 0 Å². The van der Waals surface area contributed by atoms with Crippen LogP contribution in [0.1, 0.15) is 19.4 Å². The Morgan fingerprint density at radius 1 is 0.929 bits per heavy atom. The summed E-state index contributed by atoms with van der Waals surface area (Å²) in [5.74, 6) is -3.28. The molecule has 0 spiro atoms. The molecule has 0 aliphatic heterocycles. The Morgan fingerprint density at radius 2 is 1.61 bits per heavy atom. The van der Waals surface area contributed by atoms with Gasteiger partial charge in [0.1, 0.15) is 11.5 Å². The summed E-state index contributed by atoms with van der Waals surface area (Å²) < 4.78 is 73.3. The molecule has 1 aromatic heterocycles. The van der Waals surface area contributed by atoms with Gasteiger partial charge in [0.2, 0.25) is 5.09 Å². The molecule has 0 aliphatic carbocycles. The molecule has 3 rings (SSSR count). The fourth-order valence-electron chi connectivity index (χ4n) is 2.23. The van der Waals surface area contributed by atoms with Crippen LogP contribution in [0.25, 0.3) is 0 Å². The summed E-state index contributed by atoms with van der Waals surface area (Å²) in [5.41, 5.74) is -0.367. The zero-order valence-corrected chi connectivity index (χ0v) is 16.2. The van der Waals surface area contributed by atoms with Crippen molar-refractivity contribution in [3.8, 4) is 0 Å². The number of anilines is 3. The Bertz CT molecular complexity index is 1050. The molecule has 0 fully saturated rings. The van der Waals surface area contributed by atoms with E-state index in [1.165, 1.54) is 24.3 Å². The lowest BCUT2D eigenvalue weighted by molar-refractivity contribution is 0.452. The van der Waals surface area contributed by atoms with Crippen molar-refractivity contribution >= 4 is 27.1 Å². The molecule has 9 heteroatoms. The molecule has 0 bridgehead atoms. The molecule has 0 atom stereocenters. The number of hydrogen-bond donors (Lipinski definition) is 2. The molecular weight excluding hydrogens is 393 g/mol. The van der Waals surface area contributed by atoms with E-state index in [0.717, 1.165) is 18.4 Å². The van der Waals surface area contributed by atoms with Crippen LogP contribution in [0.15, 0.2) is 58.2 Å². The molecule has 0 saturated heterocycles. The SMILES string of the molecule is CC.Cc1ccc(Nc2c(NS(=O)(=O)c3ccco3)ccc(F)c2F)c(F)c1. The van der Waals surface area contributed by atoms with Crippen molar-refractivity contribution in [2.45, 2.75) is 25.9 Å². The molecule has 5 nitrogen and oxygen atoms in total. The number of hydrogen-bond acceptors (Lipinski definition) is 4. The van der Waals surface area contributed by atoms with Crippen molar-refractivity contribution in [1.82, 2.24) is 0 Å². The molecule has 150 valence electrons. The summed E-state index contributed by atoms with van der Waals surface area (Å²) >= 11 is 0. The Morgan fingerprint density at radius 3 is 2.21 bits per heavy atom. The first kappa shape index (κ1) is 21.4. The lowest BCUT2D eigenvalue weighted by atomic mass is 10.2. The number of benzene rings is 2. The first-order valence-electron chi connectivity index (χ1n) is 8.35. The van der Waals surface area contributed by atoms with Crippen LogP contribution in [0.5, 0.6) is 0 Å². The predicted molar refractivity (Wildman–Crippen MR) is 102 cm³/mol. The number of furan rings is 1. The molecule has 2 N–H and O–H groups in total. The summed E-state index contributed by atoms with van der Waals surface area (Å²) in [6.45, 7) is 5.67. The van der Waals surface area contributed by atoms with Gasteiger partial charge in [-0.2, -0.15) is 8.42 Å². The third kappa shape index (κ3) is 4.66. The van der Waals surface area contributed by atoms with Crippen molar-refractivity contribution in [3.63, 3.8) is 0 Å². The highest BCUT2D eigenvalue weighted by atomic mass is 32.2. The topological polar surface area (TPSA) is 71.3 Å². The van der Waals surface area contributed by atoms with Crippen LogP contribution < -0.4 is 10.0 Å². The van der Waals surface area contributed by atoms with E-state index in [-0.39, 0.29) is 11.4 Å².